The number of anilines is 2. The predicted molar refractivity (Wildman–Crippen MR) is 169 cm³/mol. The van der Waals surface area contributed by atoms with Crippen molar-refractivity contribution in [3.05, 3.63) is 86.3 Å². The average Bonchev–Trinajstić information content (AvgIpc) is 3.41. The van der Waals surface area contributed by atoms with Gasteiger partial charge in [0.25, 0.3) is 0 Å². The van der Waals surface area contributed by atoms with Crippen LogP contribution in [0.25, 0.3) is 0 Å². The number of thioether (sulfide) groups is 1. The molecule has 2 heterocycles. The van der Waals surface area contributed by atoms with Crippen LogP contribution in [0.1, 0.15) is 50.7 Å². The quantitative estimate of drug-likeness (QED) is 0.263. The van der Waals surface area contributed by atoms with Crippen molar-refractivity contribution in [1.29, 1.82) is 5.26 Å². The molecule has 8 nitrogen and oxygen atoms in total. The van der Waals surface area contributed by atoms with Gasteiger partial charge < -0.3 is 11.1 Å². The van der Waals surface area contributed by atoms with Crippen LogP contribution >= 0.6 is 46.3 Å². The molecule has 0 saturated carbocycles. The van der Waals surface area contributed by atoms with Gasteiger partial charge in [-0.05, 0) is 41.5 Å². The molecule has 12 heteroatoms. The largest absolute Gasteiger partial charge is 0.384 e. The number of allylic oxidation sites excluding steroid dienone is 3. The zero-order valence-corrected chi connectivity index (χ0v) is 26.3. The summed E-state index contributed by atoms with van der Waals surface area (Å²) in [5.41, 5.74) is 10.4. The number of carbonyl (C=O) groups excluding carboxylic acids is 2. The van der Waals surface area contributed by atoms with Crippen LogP contribution in [0.3, 0.4) is 0 Å². The number of halogens is 2. The number of Topliss-reactive ketones (excluding diaryl/α,β-unsaturated/α-hetero) is 1. The van der Waals surface area contributed by atoms with E-state index in [4.69, 9.17) is 28.9 Å². The molecule has 2 aromatic carbocycles. The molecule has 0 saturated heterocycles. The number of nitriles is 1. The first kappa shape index (κ1) is 30.1. The first-order valence-electron chi connectivity index (χ1n) is 13.3. The molecule has 1 aromatic heterocycles. The van der Waals surface area contributed by atoms with Gasteiger partial charge in [0.15, 0.2) is 10.1 Å². The van der Waals surface area contributed by atoms with Gasteiger partial charge in [-0.2, -0.15) is 5.26 Å². The second kappa shape index (κ2) is 12.1. The van der Waals surface area contributed by atoms with Crippen LogP contribution in [-0.2, 0) is 16.0 Å². The fourth-order valence-electron chi connectivity index (χ4n) is 5.28. The molecular weight excluding hydrogens is 611 g/mol. The van der Waals surface area contributed by atoms with E-state index in [1.165, 1.54) is 28.7 Å². The molecule has 3 aromatic rings. The highest BCUT2D eigenvalue weighted by atomic mass is 35.5. The zero-order valence-electron chi connectivity index (χ0n) is 23.2. The molecule has 0 spiro atoms. The monoisotopic (exact) mass is 638 g/mol. The molecule has 2 aliphatic rings. The molecule has 0 radical (unpaired) electrons. The number of ketones is 1. The zero-order chi connectivity index (χ0) is 30.2. The molecule has 1 aliphatic heterocycles. The second-order valence-electron chi connectivity index (χ2n) is 10.9. The minimum atomic E-state index is -0.558. The molecular formula is C30H28Cl2N6O2S2. The summed E-state index contributed by atoms with van der Waals surface area (Å²) in [5, 5.41) is 22.8. The highest BCUT2D eigenvalue weighted by Crippen LogP contribution is 2.50. The lowest BCUT2D eigenvalue weighted by Crippen LogP contribution is -2.42. The van der Waals surface area contributed by atoms with Crippen molar-refractivity contribution in [3.8, 4) is 6.07 Å². The minimum absolute atomic E-state index is 0.00918. The molecule has 216 valence electrons. The van der Waals surface area contributed by atoms with E-state index in [2.05, 4.69) is 28.5 Å². The second-order valence-corrected chi connectivity index (χ2v) is 13.9. The van der Waals surface area contributed by atoms with Crippen molar-refractivity contribution in [2.75, 3.05) is 16.0 Å². The number of aromatic nitrogens is 2. The van der Waals surface area contributed by atoms with Crippen molar-refractivity contribution in [2.24, 2.45) is 11.1 Å². The number of amides is 1. The number of nitrogens with one attached hydrogen (secondary N) is 1. The number of rotatable bonds is 7. The van der Waals surface area contributed by atoms with Gasteiger partial charge in [0.2, 0.25) is 11.0 Å². The molecule has 5 rings (SSSR count). The first-order valence-corrected chi connectivity index (χ1v) is 15.8. The van der Waals surface area contributed by atoms with E-state index in [1.807, 2.05) is 38.1 Å². The molecule has 0 fully saturated rings. The standard InChI is InChI=1S/C30H28Cl2N6O2S2/c1-4-16-8-10-17(11-9-16)24-18(14-33)27(34)38(21-12-30(2,3)13-22(39)25(21)24)28-36-37-29(42-28)41-15-23(40)35-26-19(31)6-5-7-20(26)32/h5-11,24H,4,12-13,15,34H2,1-3H3,(H,35,40). The summed E-state index contributed by atoms with van der Waals surface area (Å²) in [5.74, 6) is -0.606. The number of hydrogen-bond donors (Lipinski definition) is 2. The number of benzene rings is 2. The van der Waals surface area contributed by atoms with Gasteiger partial charge in [-0.3, -0.25) is 14.5 Å². The van der Waals surface area contributed by atoms with Gasteiger partial charge in [0.05, 0.1) is 39.0 Å². The van der Waals surface area contributed by atoms with Crippen LogP contribution in [0.4, 0.5) is 10.8 Å². The number of nitrogens with zero attached hydrogens (tertiary/aromatic N) is 4. The summed E-state index contributed by atoms with van der Waals surface area (Å²) >= 11 is 14.8. The van der Waals surface area contributed by atoms with Gasteiger partial charge in [0, 0.05) is 17.7 Å². The van der Waals surface area contributed by atoms with E-state index < -0.39 is 5.92 Å². The Morgan fingerprint density at radius 1 is 1.19 bits per heavy atom. The Kier molecular flexibility index (Phi) is 8.67. The van der Waals surface area contributed by atoms with Gasteiger partial charge in [-0.15, -0.1) is 10.2 Å². The van der Waals surface area contributed by atoms with Crippen LogP contribution < -0.4 is 16.0 Å². The van der Waals surface area contributed by atoms with E-state index in [-0.39, 0.29) is 28.7 Å². The first-order chi connectivity index (χ1) is 20.0. The predicted octanol–water partition coefficient (Wildman–Crippen LogP) is 7.08. The molecule has 42 heavy (non-hydrogen) atoms. The molecule has 3 N–H and O–H groups in total. The smallest absolute Gasteiger partial charge is 0.234 e. The van der Waals surface area contributed by atoms with Gasteiger partial charge in [0.1, 0.15) is 5.82 Å². The van der Waals surface area contributed by atoms with Crippen LogP contribution in [0.15, 0.2) is 69.5 Å². The van der Waals surface area contributed by atoms with E-state index in [1.54, 1.807) is 23.1 Å². The third-order valence-electron chi connectivity index (χ3n) is 7.24. The fraction of sp³-hybridized carbons (Fsp3) is 0.300. The summed E-state index contributed by atoms with van der Waals surface area (Å²) in [6, 6.07) is 15.3. The maximum Gasteiger partial charge on any atom is 0.234 e. The van der Waals surface area contributed by atoms with Crippen LogP contribution in [0.5, 0.6) is 0 Å². The van der Waals surface area contributed by atoms with E-state index in [9.17, 15) is 14.9 Å². The van der Waals surface area contributed by atoms with Crippen molar-refractivity contribution in [1.82, 2.24) is 10.2 Å². The Hall–Kier alpha value is -3.36. The summed E-state index contributed by atoms with van der Waals surface area (Å²) in [6.45, 7) is 6.17. The van der Waals surface area contributed by atoms with Crippen LogP contribution in [0.2, 0.25) is 10.0 Å². The lowest BCUT2D eigenvalue weighted by Gasteiger charge is -2.42. The Morgan fingerprint density at radius 2 is 1.88 bits per heavy atom. The summed E-state index contributed by atoms with van der Waals surface area (Å²) in [4.78, 5) is 28.1. The number of para-hydroxylation sites is 1. The van der Waals surface area contributed by atoms with Crippen LogP contribution in [-0.4, -0.2) is 27.6 Å². The molecule has 1 atom stereocenters. The molecule has 1 amide bonds. The molecule has 1 unspecified atom stereocenters. The number of aryl methyl sites for hydroxylation is 1. The number of hydrogen-bond acceptors (Lipinski definition) is 9. The lowest BCUT2D eigenvalue weighted by atomic mass is 9.68. The maximum atomic E-state index is 13.7. The summed E-state index contributed by atoms with van der Waals surface area (Å²) in [6.07, 6.45) is 1.82. The van der Waals surface area contributed by atoms with Gasteiger partial charge in [-0.25, -0.2) is 0 Å². The Bertz CT molecular complexity index is 1650. The summed E-state index contributed by atoms with van der Waals surface area (Å²) < 4.78 is 0.525. The van der Waals surface area contributed by atoms with Crippen molar-refractivity contribution in [2.45, 2.75) is 50.3 Å². The van der Waals surface area contributed by atoms with Crippen molar-refractivity contribution in [3.63, 3.8) is 0 Å². The Morgan fingerprint density at radius 3 is 2.52 bits per heavy atom. The third-order valence-corrected chi connectivity index (χ3v) is 9.91. The van der Waals surface area contributed by atoms with Gasteiger partial charge >= 0.3 is 0 Å². The maximum absolute atomic E-state index is 13.7. The SMILES string of the molecule is CCc1ccc(C2C(C#N)=C(N)N(c3nnc(SCC(=O)Nc4c(Cl)cccc4Cl)s3)C3=C2C(=O)CC(C)(C)C3)cc1. The fourth-order valence-corrected chi connectivity index (χ4v) is 7.45. The van der Waals surface area contributed by atoms with Crippen LogP contribution in [0, 0.1) is 16.7 Å². The van der Waals surface area contributed by atoms with E-state index in [0.29, 0.717) is 49.2 Å². The normalized spacial score (nSPS) is 18.1. The molecule has 1 aliphatic carbocycles. The van der Waals surface area contributed by atoms with Gasteiger partial charge in [-0.1, -0.05) is 97.4 Å². The summed E-state index contributed by atoms with van der Waals surface area (Å²) in [7, 11) is 0. The number of carbonyl (C=O) groups is 2. The lowest BCUT2D eigenvalue weighted by molar-refractivity contribution is -0.118. The topological polar surface area (TPSA) is 125 Å². The average molecular weight is 640 g/mol. The van der Waals surface area contributed by atoms with E-state index in [0.717, 1.165) is 17.7 Å². The third kappa shape index (κ3) is 5.92. The minimum Gasteiger partial charge on any atom is -0.384 e. The number of nitrogens with two attached hydrogens (primary N) is 1. The van der Waals surface area contributed by atoms with Crippen molar-refractivity contribution < 1.29 is 9.59 Å². The van der Waals surface area contributed by atoms with E-state index >= 15 is 0 Å². The van der Waals surface area contributed by atoms with Crippen molar-refractivity contribution >= 4 is 68.8 Å². The molecule has 0 bridgehead atoms. The highest BCUT2D eigenvalue weighted by Gasteiger charge is 2.45. The highest BCUT2D eigenvalue weighted by molar-refractivity contribution is 8.01. The Labute approximate surface area is 262 Å². The Balaban J connectivity index is 1.46.